The van der Waals surface area contributed by atoms with Crippen molar-refractivity contribution in [3.05, 3.63) is 65.5 Å². The van der Waals surface area contributed by atoms with Crippen LogP contribution >= 0.6 is 0 Å². The van der Waals surface area contributed by atoms with Gasteiger partial charge in [0.25, 0.3) is 0 Å². The second-order valence-electron chi connectivity index (χ2n) is 5.04. The van der Waals surface area contributed by atoms with Crippen molar-refractivity contribution in [1.29, 1.82) is 0 Å². The molecule has 2 aromatic rings. The largest absolute Gasteiger partial charge is 0.323 e. The van der Waals surface area contributed by atoms with Gasteiger partial charge in [-0.05, 0) is 31.7 Å². The molecule has 19 heavy (non-hydrogen) atoms. The Balaban J connectivity index is 1.91. The molecule has 1 aromatic heterocycles. The zero-order valence-corrected chi connectivity index (χ0v) is 11.6. The van der Waals surface area contributed by atoms with E-state index in [4.69, 9.17) is 5.73 Å². The summed E-state index contributed by atoms with van der Waals surface area (Å²) in [4.78, 5) is 6.53. The summed E-state index contributed by atoms with van der Waals surface area (Å²) in [7, 11) is 2.07. The normalized spacial score (nSPS) is 12.6. The van der Waals surface area contributed by atoms with Crippen molar-refractivity contribution in [2.75, 3.05) is 13.6 Å². The molecule has 2 rings (SSSR count). The maximum absolute atomic E-state index is 6.24. The van der Waals surface area contributed by atoms with Gasteiger partial charge in [-0.15, -0.1) is 0 Å². The third kappa shape index (κ3) is 4.16. The number of aryl methyl sites for hydroxylation is 1. The molecule has 2 N–H and O–H groups in total. The summed E-state index contributed by atoms with van der Waals surface area (Å²) in [6, 6.07) is 14.4. The second-order valence-corrected chi connectivity index (χ2v) is 5.04. The Kier molecular flexibility index (Phi) is 4.66. The van der Waals surface area contributed by atoms with Crippen molar-refractivity contribution >= 4 is 0 Å². The molecule has 1 heterocycles. The van der Waals surface area contributed by atoms with Gasteiger partial charge in [-0.1, -0.05) is 35.9 Å². The molecule has 0 saturated heterocycles. The Morgan fingerprint density at radius 3 is 2.53 bits per heavy atom. The van der Waals surface area contributed by atoms with E-state index in [2.05, 4.69) is 48.1 Å². The Morgan fingerprint density at radius 1 is 1.16 bits per heavy atom. The molecule has 0 radical (unpaired) electrons. The van der Waals surface area contributed by atoms with Crippen LogP contribution in [0.5, 0.6) is 0 Å². The van der Waals surface area contributed by atoms with E-state index in [-0.39, 0.29) is 6.04 Å². The minimum Gasteiger partial charge on any atom is -0.323 e. The molecule has 0 aliphatic rings. The predicted molar refractivity (Wildman–Crippen MR) is 78.7 cm³/mol. The molecular weight excluding hydrogens is 234 g/mol. The van der Waals surface area contributed by atoms with E-state index in [9.17, 15) is 0 Å². The van der Waals surface area contributed by atoms with Crippen LogP contribution in [0.4, 0.5) is 0 Å². The Bertz CT molecular complexity index is 493. The lowest BCUT2D eigenvalue weighted by atomic mass is 10.1. The van der Waals surface area contributed by atoms with Crippen LogP contribution in [0.15, 0.2) is 48.7 Å². The first-order valence-electron chi connectivity index (χ1n) is 6.56. The number of benzene rings is 1. The predicted octanol–water partition coefficient (Wildman–Crippen LogP) is 2.52. The lowest BCUT2D eigenvalue weighted by Crippen LogP contribution is -2.29. The zero-order chi connectivity index (χ0) is 13.7. The van der Waals surface area contributed by atoms with Gasteiger partial charge >= 0.3 is 0 Å². The van der Waals surface area contributed by atoms with Gasteiger partial charge in [-0.3, -0.25) is 9.88 Å². The smallest absolute Gasteiger partial charge is 0.0543 e. The zero-order valence-electron chi connectivity index (χ0n) is 11.6. The molecule has 0 amide bonds. The minimum atomic E-state index is 0.0364. The molecule has 1 unspecified atom stereocenters. The number of hydrogen-bond acceptors (Lipinski definition) is 3. The molecule has 0 bridgehead atoms. The van der Waals surface area contributed by atoms with Crippen molar-refractivity contribution in [3.8, 4) is 0 Å². The van der Waals surface area contributed by atoms with Crippen molar-refractivity contribution in [2.24, 2.45) is 5.73 Å². The van der Waals surface area contributed by atoms with Crippen molar-refractivity contribution < 1.29 is 0 Å². The molecule has 3 nitrogen and oxygen atoms in total. The van der Waals surface area contributed by atoms with Crippen molar-refractivity contribution in [2.45, 2.75) is 19.5 Å². The number of likely N-dealkylation sites (N-methyl/N-ethyl adjacent to an activating group) is 1. The van der Waals surface area contributed by atoms with Gasteiger partial charge in [0.1, 0.15) is 0 Å². The fraction of sp³-hybridized carbons (Fsp3) is 0.312. The summed E-state index contributed by atoms with van der Waals surface area (Å²) in [5, 5.41) is 0. The summed E-state index contributed by atoms with van der Waals surface area (Å²) in [6.07, 6.45) is 1.82. The van der Waals surface area contributed by atoms with Crippen LogP contribution in [-0.2, 0) is 6.54 Å². The lowest BCUT2D eigenvalue weighted by Gasteiger charge is -2.21. The van der Waals surface area contributed by atoms with Gasteiger partial charge in [-0.25, -0.2) is 0 Å². The van der Waals surface area contributed by atoms with Gasteiger partial charge < -0.3 is 5.73 Å². The highest BCUT2D eigenvalue weighted by molar-refractivity contribution is 5.24. The summed E-state index contributed by atoms with van der Waals surface area (Å²) in [5.41, 5.74) is 9.75. The second kappa shape index (κ2) is 6.45. The van der Waals surface area contributed by atoms with Crippen LogP contribution in [-0.4, -0.2) is 23.5 Å². The molecule has 3 heteroatoms. The molecule has 0 aliphatic carbocycles. The molecule has 0 fully saturated rings. The standard InChI is InChI=1S/C16H21N3/c1-13-6-8-14(9-7-13)16(17)12-19(2)11-15-5-3-4-10-18-15/h3-10,16H,11-12,17H2,1-2H3. The molecule has 100 valence electrons. The van der Waals surface area contributed by atoms with Gasteiger partial charge in [0.15, 0.2) is 0 Å². The summed E-state index contributed by atoms with van der Waals surface area (Å²) in [5.74, 6) is 0. The summed E-state index contributed by atoms with van der Waals surface area (Å²) < 4.78 is 0. The van der Waals surface area contributed by atoms with Crippen LogP contribution in [0.3, 0.4) is 0 Å². The first-order chi connectivity index (χ1) is 9.15. The number of nitrogens with zero attached hydrogens (tertiary/aromatic N) is 2. The maximum atomic E-state index is 6.24. The number of hydrogen-bond donors (Lipinski definition) is 1. The van der Waals surface area contributed by atoms with Crippen molar-refractivity contribution in [3.63, 3.8) is 0 Å². The van der Waals surface area contributed by atoms with E-state index in [1.807, 2.05) is 24.4 Å². The third-order valence-corrected chi connectivity index (χ3v) is 3.17. The topological polar surface area (TPSA) is 42.1 Å². The SMILES string of the molecule is Cc1ccc(C(N)CN(C)Cc2ccccn2)cc1. The lowest BCUT2D eigenvalue weighted by molar-refractivity contribution is 0.302. The van der Waals surface area contributed by atoms with Crippen LogP contribution < -0.4 is 5.73 Å². The molecular formula is C16H21N3. The van der Waals surface area contributed by atoms with Gasteiger partial charge in [-0.2, -0.15) is 0 Å². The van der Waals surface area contributed by atoms with E-state index in [0.29, 0.717) is 0 Å². The average molecular weight is 255 g/mol. The number of nitrogens with two attached hydrogens (primary N) is 1. The minimum absolute atomic E-state index is 0.0364. The highest BCUT2D eigenvalue weighted by Crippen LogP contribution is 2.13. The molecule has 1 atom stereocenters. The van der Waals surface area contributed by atoms with E-state index in [1.165, 1.54) is 11.1 Å². The summed E-state index contributed by atoms with van der Waals surface area (Å²) in [6.45, 7) is 3.72. The first-order valence-corrected chi connectivity index (χ1v) is 6.56. The van der Waals surface area contributed by atoms with Crippen LogP contribution in [0, 0.1) is 6.92 Å². The molecule has 0 saturated carbocycles. The monoisotopic (exact) mass is 255 g/mol. The van der Waals surface area contributed by atoms with Gasteiger partial charge in [0.05, 0.1) is 5.69 Å². The number of rotatable bonds is 5. The Labute approximate surface area is 115 Å². The molecule has 0 spiro atoms. The van der Waals surface area contributed by atoms with Crippen LogP contribution in [0.1, 0.15) is 22.9 Å². The summed E-state index contributed by atoms with van der Waals surface area (Å²) >= 11 is 0. The molecule has 0 aliphatic heterocycles. The highest BCUT2D eigenvalue weighted by atomic mass is 15.1. The first kappa shape index (κ1) is 13.7. The van der Waals surface area contributed by atoms with Gasteiger partial charge in [0, 0.05) is 25.3 Å². The fourth-order valence-electron chi connectivity index (χ4n) is 2.09. The third-order valence-electron chi connectivity index (χ3n) is 3.17. The van der Waals surface area contributed by atoms with Crippen LogP contribution in [0.2, 0.25) is 0 Å². The fourth-order valence-corrected chi connectivity index (χ4v) is 2.09. The quantitative estimate of drug-likeness (QED) is 0.892. The highest BCUT2D eigenvalue weighted by Gasteiger charge is 2.09. The van der Waals surface area contributed by atoms with E-state index in [0.717, 1.165) is 18.8 Å². The van der Waals surface area contributed by atoms with Gasteiger partial charge in [0.2, 0.25) is 0 Å². The van der Waals surface area contributed by atoms with Crippen LogP contribution in [0.25, 0.3) is 0 Å². The van der Waals surface area contributed by atoms with E-state index in [1.54, 1.807) is 0 Å². The number of aromatic nitrogens is 1. The van der Waals surface area contributed by atoms with E-state index >= 15 is 0 Å². The number of pyridine rings is 1. The maximum Gasteiger partial charge on any atom is 0.0543 e. The van der Waals surface area contributed by atoms with E-state index < -0.39 is 0 Å². The van der Waals surface area contributed by atoms with Crippen molar-refractivity contribution in [1.82, 2.24) is 9.88 Å². The average Bonchev–Trinajstić information content (AvgIpc) is 2.40. The Hall–Kier alpha value is -1.71. The Morgan fingerprint density at radius 2 is 1.89 bits per heavy atom. The molecule has 1 aromatic carbocycles.